The quantitative estimate of drug-likeness (QED) is 0.496. The number of thioether (sulfide) groups is 1. The van der Waals surface area contributed by atoms with Crippen molar-refractivity contribution in [2.24, 2.45) is 0 Å². The molecule has 0 radical (unpaired) electrons. The van der Waals surface area contributed by atoms with Crippen LogP contribution in [-0.2, 0) is 10.2 Å². The number of fused-ring (bicyclic) bond motifs is 1. The van der Waals surface area contributed by atoms with Crippen LogP contribution in [0.25, 0.3) is 10.5 Å². The van der Waals surface area contributed by atoms with Crippen molar-refractivity contribution in [3.8, 4) is 0 Å². The van der Waals surface area contributed by atoms with Gasteiger partial charge in [-0.05, 0) is 65.3 Å². The summed E-state index contributed by atoms with van der Waals surface area (Å²) >= 11 is 1.81. The molecule has 0 N–H and O–H groups in total. The van der Waals surface area contributed by atoms with E-state index in [1.807, 2.05) is 24.8 Å². The molecule has 0 bridgehead atoms. The van der Waals surface area contributed by atoms with Crippen LogP contribution >= 0.6 is 11.8 Å². The monoisotopic (exact) mass is 334 g/mol. The molecule has 0 fully saturated rings. The highest BCUT2D eigenvalue weighted by molar-refractivity contribution is 8.08. The van der Waals surface area contributed by atoms with Crippen molar-refractivity contribution >= 4 is 28.5 Å². The van der Waals surface area contributed by atoms with E-state index in [0.29, 0.717) is 0 Å². The topological polar surface area (TPSA) is 17.1 Å². The summed E-state index contributed by atoms with van der Waals surface area (Å²) in [7, 11) is 0. The van der Waals surface area contributed by atoms with Crippen LogP contribution in [0.5, 0.6) is 0 Å². The third-order valence-corrected chi connectivity index (χ3v) is 5.67. The molecule has 0 unspecified atom stereocenters. The second-order valence-corrected chi connectivity index (χ2v) is 7.93. The van der Waals surface area contributed by atoms with E-state index in [2.05, 4.69) is 62.4 Å². The van der Waals surface area contributed by atoms with Gasteiger partial charge in [0.1, 0.15) is 6.29 Å². The van der Waals surface area contributed by atoms with E-state index in [0.717, 1.165) is 23.8 Å². The molecule has 0 atom stereocenters. The van der Waals surface area contributed by atoms with Crippen molar-refractivity contribution in [3.63, 3.8) is 0 Å². The molecule has 1 aliphatic carbocycles. The number of aldehydes is 1. The molecule has 0 saturated heterocycles. The maximum absolute atomic E-state index is 10.8. The fourth-order valence-corrected chi connectivity index (χ4v) is 4.05. The highest BCUT2D eigenvalue weighted by Gasteiger charge is 2.28. The van der Waals surface area contributed by atoms with Crippen LogP contribution < -0.4 is 0 Å². The molecule has 1 aliphatic rings. The molecule has 2 aromatic carbocycles. The summed E-state index contributed by atoms with van der Waals surface area (Å²) in [4.78, 5) is 13.3. The molecule has 0 amide bonds. The number of rotatable bonds is 4. The molecule has 2 aromatic rings. The highest BCUT2D eigenvalue weighted by atomic mass is 32.2. The largest absolute Gasteiger partial charge is 0.299 e. The van der Waals surface area contributed by atoms with E-state index >= 15 is 0 Å². The molecular weight excluding hydrogens is 312 g/mol. The minimum Gasteiger partial charge on any atom is -0.299 e. The van der Waals surface area contributed by atoms with Crippen LogP contribution in [0.15, 0.2) is 65.6 Å². The Hall–Kier alpha value is -2.06. The van der Waals surface area contributed by atoms with Gasteiger partial charge in [-0.25, -0.2) is 0 Å². The van der Waals surface area contributed by atoms with E-state index < -0.39 is 0 Å². The normalized spacial score (nSPS) is 16.3. The minimum atomic E-state index is 0.136. The zero-order chi connectivity index (χ0) is 17.2. The van der Waals surface area contributed by atoms with Gasteiger partial charge in [-0.3, -0.25) is 4.79 Å². The summed E-state index contributed by atoms with van der Waals surface area (Å²) in [5.41, 5.74) is 4.91. The zero-order valence-electron chi connectivity index (χ0n) is 14.4. The maximum Gasteiger partial charge on any atom is 0.143 e. The smallest absolute Gasteiger partial charge is 0.143 e. The lowest BCUT2D eigenvalue weighted by atomic mass is 9.75. The Bertz CT molecular complexity index is 813. The second-order valence-electron chi connectivity index (χ2n) is 6.82. The van der Waals surface area contributed by atoms with E-state index in [4.69, 9.17) is 0 Å². The molecule has 0 saturated carbocycles. The lowest BCUT2D eigenvalue weighted by molar-refractivity contribution is -0.104. The van der Waals surface area contributed by atoms with Gasteiger partial charge in [0.25, 0.3) is 0 Å². The Morgan fingerprint density at radius 1 is 1.12 bits per heavy atom. The third-order valence-electron chi connectivity index (χ3n) is 4.56. The van der Waals surface area contributed by atoms with Crippen molar-refractivity contribution in [2.45, 2.75) is 37.5 Å². The standard InChI is InChI=1S/C22H22OS/c1-16(12-14-23)17-9-10-20-19(15-17)21(11-13-22(20,2)3)24-18-7-5-4-6-8-18/h4-12,14-15H,13H2,1-3H3. The molecule has 24 heavy (non-hydrogen) atoms. The third kappa shape index (κ3) is 3.39. The van der Waals surface area contributed by atoms with Gasteiger partial charge in [0.15, 0.2) is 0 Å². The summed E-state index contributed by atoms with van der Waals surface area (Å²) < 4.78 is 0. The first-order valence-corrected chi connectivity index (χ1v) is 9.03. The Morgan fingerprint density at radius 2 is 1.88 bits per heavy atom. The van der Waals surface area contributed by atoms with Crippen LogP contribution in [0.1, 0.15) is 43.9 Å². The van der Waals surface area contributed by atoms with Crippen molar-refractivity contribution in [2.75, 3.05) is 0 Å². The van der Waals surface area contributed by atoms with E-state index in [1.54, 1.807) is 6.08 Å². The van der Waals surface area contributed by atoms with Gasteiger partial charge < -0.3 is 0 Å². The number of benzene rings is 2. The first kappa shape index (κ1) is 16.8. The summed E-state index contributed by atoms with van der Waals surface area (Å²) in [5, 5.41) is 0. The van der Waals surface area contributed by atoms with Crippen molar-refractivity contribution in [1.82, 2.24) is 0 Å². The number of hydrogen-bond acceptors (Lipinski definition) is 2. The van der Waals surface area contributed by atoms with E-state index in [1.165, 1.54) is 20.9 Å². The first-order chi connectivity index (χ1) is 11.5. The Balaban J connectivity index is 2.05. The number of carbonyl (C=O) groups is 1. The van der Waals surface area contributed by atoms with Crippen molar-refractivity contribution in [3.05, 3.63) is 77.4 Å². The summed E-state index contributed by atoms with van der Waals surface area (Å²) in [6.07, 6.45) is 5.87. The van der Waals surface area contributed by atoms with Crippen molar-refractivity contribution in [1.29, 1.82) is 0 Å². The Kier molecular flexibility index (Phi) is 4.77. The summed E-state index contributed by atoms with van der Waals surface area (Å²) in [6.45, 7) is 6.57. The highest BCUT2D eigenvalue weighted by Crippen LogP contribution is 2.45. The van der Waals surface area contributed by atoms with Gasteiger partial charge in [-0.1, -0.05) is 62.0 Å². The second kappa shape index (κ2) is 6.82. The molecule has 2 heteroatoms. The SMILES string of the molecule is CC(=CC=O)c1ccc2c(c1)C(Sc1ccccc1)=CCC2(C)C. The van der Waals surface area contributed by atoms with Gasteiger partial charge in [0, 0.05) is 9.80 Å². The lowest BCUT2D eigenvalue weighted by Gasteiger charge is -2.32. The van der Waals surface area contributed by atoms with Gasteiger partial charge >= 0.3 is 0 Å². The predicted octanol–water partition coefficient (Wildman–Crippen LogP) is 6.10. The molecule has 122 valence electrons. The van der Waals surface area contributed by atoms with E-state index in [9.17, 15) is 4.79 Å². The molecule has 1 nitrogen and oxygen atoms in total. The minimum absolute atomic E-state index is 0.136. The van der Waals surface area contributed by atoms with Crippen LogP contribution in [-0.4, -0.2) is 6.29 Å². The number of hydrogen-bond donors (Lipinski definition) is 0. The van der Waals surface area contributed by atoms with E-state index in [-0.39, 0.29) is 5.41 Å². The molecular formula is C22H22OS. The first-order valence-electron chi connectivity index (χ1n) is 8.22. The average Bonchev–Trinajstić information content (AvgIpc) is 2.58. The average molecular weight is 334 g/mol. The van der Waals surface area contributed by atoms with Gasteiger partial charge in [0.2, 0.25) is 0 Å². The summed E-state index contributed by atoms with van der Waals surface area (Å²) in [6, 6.07) is 17.1. The molecule has 0 aliphatic heterocycles. The summed E-state index contributed by atoms with van der Waals surface area (Å²) in [5.74, 6) is 0. The van der Waals surface area contributed by atoms with Gasteiger partial charge in [0.05, 0.1) is 0 Å². The van der Waals surface area contributed by atoms with Gasteiger partial charge in [-0.15, -0.1) is 0 Å². The molecule has 0 aromatic heterocycles. The van der Waals surface area contributed by atoms with Crippen LogP contribution in [0, 0.1) is 0 Å². The van der Waals surface area contributed by atoms with Crippen LogP contribution in [0.3, 0.4) is 0 Å². The Labute approximate surface area is 148 Å². The molecule has 3 rings (SSSR count). The number of carbonyl (C=O) groups excluding carboxylic acids is 1. The van der Waals surface area contributed by atoms with Crippen LogP contribution in [0.2, 0.25) is 0 Å². The zero-order valence-corrected chi connectivity index (χ0v) is 15.2. The molecule has 0 heterocycles. The van der Waals surface area contributed by atoms with Gasteiger partial charge in [-0.2, -0.15) is 0 Å². The maximum atomic E-state index is 10.8. The van der Waals surface area contributed by atoms with Crippen molar-refractivity contribution < 1.29 is 4.79 Å². The fourth-order valence-electron chi connectivity index (χ4n) is 3.06. The number of allylic oxidation sites excluding steroid dienone is 3. The molecule has 0 spiro atoms. The Morgan fingerprint density at radius 3 is 2.58 bits per heavy atom. The fraction of sp³-hybridized carbons (Fsp3) is 0.227. The lowest BCUT2D eigenvalue weighted by Crippen LogP contribution is -2.21. The van der Waals surface area contributed by atoms with Crippen LogP contribution in [0.4, 0.5) is 0 Å². The predicted molar refractivity (Wildman–Crippen MR) is 104 cm³/mol.